The number of amides is 1. The molecule has 5 heteroatoms. The van der Waals surface area contributed by atoms with Gasteiger partial charge in [0.05, 0.1) is 13.1 Å². The molecule has 21 heavy (non-hydrogen) atoms. The topological polar surface area (TPSA) is 60.9 Å². The highest BCUT2D eigenvalue weighted by molar-refractivity contribution is 5.79. The van der Waals surface area contributed by atoms with Crippen LogP contribution in [0.4, 0.5) is 0 Å². The number of carbonyl (C=O) groups is 2. The molecule has 0 radical (unpaired) electrons. The largest absolute Gasteiger partial charge is 0.480 e. The Bertz CT molecular complexity index is 488. The number of aryl methyl sites for hydroxylation is 1. The van der Waals surface area contributed by atoms with Gasteiger partial charge in [-0.2, -0.15) is 0 Å². The van der Waals surface area contributed by atoms with Crippen molar-refractivity contribution in [2.45, 2.75) is 26.8 Å². The maximum Gasteiger partial charge on any atom is 0.317 e. The molecule has 1 rings (SSSR count). The zero-order chi connectivity index (χ0) is 15.8. The third kappa shape index (κ3) is 5.95. The highest BCUT2D eigenvalue weighted by Crippen LogP contribution is 2.09. The van der Waals surface area contributed by atoms with E-state index in [0.29, 0.717) is 13.1 Å². The number of carbonyl (C=O) groups excluding carboxylic acids is 1. The third-order valence-corrected chi connectivity index (χ3v) is 3.35. The van der Waals surface area contributed by atoms with E-state index in [0.717, 1.165) is 17.5 Å². The molecule has 0 aliphatic rings. The highest BCUT2D eigenvalue weighted by Gasteiger charge is 2.16. The number of benzene rings is 1. The lowest BCUT2D eigenvalue weighted by Gasteiger charge is -2.24. The molecule has 0 aromatic heterocycles. The van der Waals surface area contributed by atoms with Gasteiger partial charge < -0.3 is 10.0 Å². The molecule has 0 bridgehead atoms. The number of carboxylic acid groups (broad SMARTS) is 1. The molecule has 0 aliphatic heterocycles. The van der Waals surface area contributed by atoms with Gasteiger partial charge in [-0.3, -0.25) is 14.5 Å². The molecule has 0 saturated heterocycles. The fourth-order valence-electron chi connectivity index (χ4n) is 2.16. The van der Waals surface area contributed by atoms with Gasteiger partial charge in [0.15, 0.2) is 0 Å². The Kier molecular flexibility index (Phi) is 6.88. The average molecular weight is 292 g/mol. The van der Waals surface area contributed by atoms with Crippen LogP contribution in [-0.4, -0.2) is 53.5 Å². The second-order valence-corrected chi connectivity index (χ2v) is 5.28. The van der Waals surface area contributed by atoms with Crippen LogP contribution in [0.3, 0.4) is 0 Å². The summed E-state index contributed by atoms with van der Waals surface area (Å²) >= 11 is 0. The smallest absolute Gasteiger partial charge is 0.317 e. The number of hydrogen-bond donors (Lipinski definition) is 1. The minimum Gasteiger partial charge on any atom is -0.480 e. The van der Waals surface area contributed by atoms with Gasteiger partial charge in [0.2, 0.25) is 5.91 Å². The SMILES string of the molecule is CCCN(CC(=O)O)CC(=O)N(C)Cc1ccccc1C. The van der Waals surface area contributed by atoms with Crippen LogP contribution in [0.5, 0.6) is 0 Å². The molecular formula is C16H24N2O3. The summed E-state index contributed by atoms with van der Waals surface area (Å²) in [6.45, 7) is 5.17. The average Bonchev–Trinajstić information content (AvgIpc) is 2.40. The third-order valence-electron chi connectivity index (χ3n) is 3.35. The fourth-order valence-corrected chi connectivity index (χ4v) is 2.16. The van der Waals surface area contributed by atoms with E-state index in [1.807, 2.05) is 38.1 Å². The number of aliphatic carboxylic acids is 1. The molecule has 0 saturated carbocycles. The van der Waals surface area contributed by atoms with Crippen LogP contribution in [0.1, 0.15) is 24.5 Å². The van der Waals surface area contributed by atoms with Gasteiger partial charge in [-0.25, -0.2) is 0 Å². The van der Waals surface area contributed by atoms with Crippen molar-refractivity contribution in [3.63, 3.8) is 0 Å². The van der Waals surface area contributed by atoms with E-state index in [2.05, 4.69) is 0 Å². The van der Waals surface area contributed by atoms with Gasteiger partial charge in [-0.05, 0) is 31.0 Å². The molecule has 1 aromatic rings. The van der Waals surface area contributed by atoms with Crippen molar-refractivity contribution >= 4 is 11.9 Å². The number of hydrogen-bond acceptors (Lipinski definition) is 3. The van der Waals surface area contributed by atoms with Crippen molar-refractivity contribution in [3.05, 3.63) is 35.4 Å². The van der Waals surface area contributed by atoms with E-state index in [1.54, 1.807) is 16.8 Å². The molecule has 1 aromatic carbocycles. The lowest BCUT2D eigenvalue weighted by molar-refractivity contribution is -0.139. The predicted octanol–water partition coefficient (Wildman–Crippen LogP) is 1.75. The first-order valence-electron chi connectivity index (χ1n) is 7.16. The van der Waals surface area contributed by atoms with Gasteiger partial charge in [0.1, 0.15) is 0 Å². The second-order valence-electron chi connectivity index (χ2n) is 5.28. The van der Waals surface area contributed by atoms with Crippen molar-refractivity contribution in [2.75, 3.05) is 26.7 Å². The van der Waals surface area contributed by atoms with Crippen LogP contribution < -0.4 is 0 Å². The molecule has 116 valence electrons. The number of likely N-dealkylation sites (N-methyl/N-ethyl adjacent to an activating group) is 1. The first kappa shape index (κ1) is 17.2. The zero-order valence-corrected chi connectivity index (χ0v) is 13.0. The summed E-state index contributed by atoms with van der Waals surface area (Å²) in [5, 5.41) is 8.87. The molecular weight excluding hydrogens is 268 g/mol. The first-order valence-corrected chi connectivity index (χ1v) is 7.16. The number of nitrogens with zero attached hydrogens (tertiary/aromatic N) is 2. The summed E-state index contributed by atoms with van der Waals surface area (Å²) in [5.74, 6) is -0.967. The van der Waals surface area contributed by atoms with Crippen LogP contribution in [0.15, 0.2) is 24.3 Å². The highest BCUT2D eigenvalue weighted by atomic mass is 16.4. The molecule has 0 atom stereocenters. The minimum absolute atomic E-state index is 0.0621. The van der Waals surface area contributed by atoms with E-state index < -0.39 is 5.97 Å². The molecule has 1 amide bonds. The minimum atomic E-state index is -0.905. The van der Waals surface area contributed by atoms with Crippen LogP contribution in [0.2, 0.25) is 0 Å². The summed E-state index contributed by atoms with van der Waals surface area (Å²) in [6.07, 6.45) is 0.821. The van der Waals surface area contributed by atoms with Gasteiger partial charge >= 0.3 is 5.97 Å². The number of carboxylic acids is 1. The van der Waals surface area contributed by atoms with Gasteiger partial charge in [-0.1, -0.05) is 31.2 Å². The van der Waals surface area contributed by atoms with Crippen LogP contribution >= 0.6 is 0 Å². The van der Waals surface area contributed by atoms with E-state index >= 15 is 0 Å². The Balaban J connectivity index is 2.60. The van der Waals surface area contributed by atoms with Crippen molar-refractivity contribution in [2.24, 2.45) is 0 Å². The summed E-state index contributed by atoms with van der Waals surface area (Å²) in [4.78, 5) is 26.3. The van der Waals surface area contributed by atoms with Crippen molar-refractivity contribution in [1.29, 1.82) is 0 Å². The molecule has 1 N–H and O–H groups in total. The summed E-state index contributed by atoms with van der Waals surface area (Å²) in [5.41, 5.74) is 2.25. The summed E-state index contributed by atoms with van der Waals surface area (Å²) in [6, 6.07) is 7.94. The van der Waals surface area contributed by atoms with Crippen molar-refractivity contribution < 1.29 is 14.7 Å². The van der Waals surface area contributed by atoms with Gasteiger partial charge in [0, 0.05) is 13.6 Å². The maximum atomic E-state index is 12.2. The Hall–Kier alpha value is -1.88. The molecule has 0 heterocycles. The van der Waals surface area contributed by atoms with Crippen LogP contribution in [0, 0.1) is 6.92 Å². The molecule has 0 unspecified atom stereocenters. The standard InChI is InChI=1S/C16H24N2O3/c1-4-9-18(12-16(20)21)11-15(19)17(3)10-14-8-6-5-7-13(14)2/h5-8H,4,9-12H2,1-3H3,(H,20,21). The molecule has 0 aliphatic carbocycles. The Morgan fingerprint density at radius 1 is 1.19 bits per heavy atom. The second kappa shape index (κ2) is 8.42. The number of rotatable bonds is 8. The Morgan fingerprint density at radius 3 is 2.43 bits per heavy atom. The Labute approximate surface area is 126 Å². The summed E-state index contributed by atoms with van der Waals surface area (Å²) < 4.78 is 0. The lowest BCUT2D eigenvalue weighted by Crippen LogP contribution is -2.40. The van der Waals surface area contributed by atoms with Crippen LogP contribution in [-0.2, 0) is 16.1 Å². The van der Waals surface area contributed by atoms with E-state index in [9.17, 15) is 9.59 Å². The summed E-state index contributed by atoms with van der Waals surface area (Å²) in [7, 11) is 1.75. The van der Waals surface area contributed by atoms with E-state index in [-0.39, 0.29) is 19.0 Å². The van der Waals surface area contributed by atoms with Gasteiger partial charge in [0.25, 0.3) is 0 Å². The van der Waals surface area contributed by atoms with Crippen molar-refractivity contribution in [3.8, 4) is 0 Å². The van der Waals surface area contributed by atoms with Crippen LogP contribution in [0.25, 0.3) is 0 Å². The lowest BCUT2D eigenvalue weighted by atomic mass is 10.1. The van der Waals surface area contributed by atoms with E-state index in [4.69, 9.17) is 5.11 Å². The maximum absolute atomic E-state index is 12.2. The normalized spacial score (nSPS) is 10.7. The monoisotopic (exact) mass is 292 g/mol. The quantitative estimate of drug-likeness (QED) is 0.793. The van der Waals surface area contributed by atoms with Gasteiger partial charge in [-0.15, -0.1) is 0 Å². The predicted molar refractivity (Wildman–Crippen MR) is 82.0 cm³/mol. The van der Waals surface area contributed by atoms with Crippen molar-refractivity contribution in [1.82, 2.24) is 9.80 Å². The molecule has 5 nitrogen and oxygen atoms in total. The zero-order valence-electron chi connectivity index (χ0n) is 13.0. The van der Waals surface area contributed by atoms with E-state index in [1.165, 1.54) is 0 Å². The Morgan fingerprint density at radius 2 is 1.86 bits per heavy atom. The fraction of sp³-hybridized carbons (Fsp3) is 0.500. The molecule has 0 spiro atoms. The first-order chi connectivity index (χ1) is 9.93. The molecule has 0 fully saturated rings.